The van der Waals surface area contributed by atoms with Gasteiger partial charge in [0.25, 0.3) is 0 Å². The second kappa shape index (κ2) is 12.7. The van der Waals surface area contributed by atoms with E-state index in [1.54, 1.807) is 60.7 Å². The fraction of sp³-hybridized carbons (Fsp3) is 0.185. The summed E-state index contributed by atoms with van der Waals surface area (Å²) in [5.41, 5.74) is 4.88. The molecule has 0 saturated heterocycles. The Bertz CT molecular complexity index is 1170. The fourth-order valence-corrected chi connectivity index (χ4v) is 2.92. The number of rotatable bonds is 9. The van der Waals surface area contributed by atoms with Crippen LogP contribution in [0.2, 0.25) is 0 Å². The van der Waals surface area contributed by atoms with Crippen molar-refractivity contribution in [1.82, 2.24) is 5.43 Å². The number of nitrogens with zero attached hydrogens (tertiary/aromatic N) is 1. The van der Waals surface area contributed by atoms with Crippen LogP contribution < -0.4 is 20.2 Å². The van der Waals surface area contributed by atoms with E-state index < -0.39 is 17.8 Å². The summed E-state index contributed by atoms with van der Waals surface area (Å²) in [4.78, 5) is 36.3. The highest BCUT2D eigenvalue weighted by atomic mass is 16.5. The third kappa shape index (κ3) is 7.82. The maximum atomic E-state index is 12.3. The number of ether oxygens (including phenoxy) is 2. The van der Waals surface area contributed by atoms with Crippen molar-refractivity contribution in [1.29, 1.82) is 0 Å². The first kappa shape index (κ1) is 25.2. The normalized spacial score (nSPS) is 10.6. The number of hydrazone groups is 1. The molecule has 2 N–H and O–H groups in total. The lowest BCUT2D eigenvalue weighted by Crippen LogP contribution is -2.32. The number of anilines is 1. The van der Waals surface area contributed by atoms with E-state index in [1.165, 1.54) is 6.21 Å². The van der Waals surface area contributed by atoms with Crippen molar-refractivity contribution in [3.8, 4) is 11.5 Å². The minimum Gasteiger partial charge on any atom is -0.494 e. The average Bonchev–Trinajstić information content (AvgIpc) is 2.89. The van der Waals surface area contributed by atoms with E-state index in [9.17, 15) is 14.4 Å². The molecular formula is C27H27N3O5. The molecule has 0 aliphatic carbocycles. The van der Waals surface area contributed by atoms with Crippen LogP contribution in [-0.2, 0) is 16.0 Å². The molecule has 3 aromatic rings. The van der Waals surface area contributed by atoms with Crippen LogP contribution >= 0.6 is 0 Å². The van der Waals surface area contributed by atoms with Crippen molar-refractivity contribution in [3.05, 3.63) is 89.5 Å². The smallest absolute Gasteiger partial charge is 0.343 e. The summed E-state index contributed by atoms with van der Waals surface area (Å²) in [5, 5.41) is 6.31. The number of benzene rings is 3. The van der Waals surface area contributed by atoms with E-state index in [0.29, 0.717) is 34.9 Å². The third-order valence-electron chi connectivity index (χ3n) is 4.86. The zero-order chi connectivity index (χ0) is 25.0. The lowest BCUT2D eigenvalue weighted by atomic mass is 10.1. The van der Waals surface area contributed by atoms with E-state index in [2.05, 4.69) is 15.8 Å². The van der Waals surface area contributed by atoms with Gasteiger partial charge in [0.1, 0.15) is 11.5 Å². The van der Waals surface area contributed by atoms with Crippen molar-refractivity contribution in [2.75, 3.05) is 11.9 Å². The van der Waals surface area contributed by atoms with E-state index in [0.717, 1.165) is 18.4 Å². The Kier molecular flexibility index (Phi) is 9.13. The highest BCUT2D eigenvalue weighted by Gasteiger charge is 2.13. The number of amides is 2. The van der Waals surface area contributed by atoms with Crippen LogP contribution in [0.4, 0.5) is 5.69 Å². The molecule has 3 aromatic carbocycles. The van der Waals surface area contributed by atoms with Crippen molar-refractivity contribution in [2.24, 2.45) is 5.10 Å². The molecule has 0 aromatic heterocycles. The largest absolute Gasteiger partial charge is 0.494 e. The summed E-state index contributed by atoms with van der Waals surface area (Å²) in [5.74, 6) is -1.15. The third-order valence-corrected chi connectivity index (χ3v) is 4.86. The minimum atomic E-state index is -0.891. The maximum absolute atomic E-state index is 12.3. The molecule has 0 unspecified atom stereocenters. The lowest BCUT2D eigenvalue weighted by Gasteiger charge is -2.07. The standard InChI is InChI=1S/C27H27N3O5/c1-3-17-34-23-15-9-21(10-16-23)27(33)35-24-13-7-20(8-14-24)18-28-30-26(32)25(31)29-22-11-5-19(4-2)6-12-22/h5-16,18H,3-4,17H2,1-2H3,(H,29,31)(H,30,32). The maximum Gasteiger partial charge on any atom is 0.343 e. The molecule has 0 spiro atoms. The quantitative estimate of drug-likeness (QED) is 0.158. The SMILES string of the molecule is CCCOc1ccc(C(=O)Oc2ccc(C=NNC(=O)C(=O)Nc3ccc(CC)cc3)cc2)cc1. The zero-order valence-electron chi connectivity index (χ0n) is 19.6. The van der Waals surface area contributed by atoms with Gasteiger partial charge in [-0.3, -0.25) is 9.59 Å². The van der Waals surface area contributed by atoms with Crippen LogP contribution in [0.15, 0.2) is 77.9 Å². The van der Waals surface area contributed by atoms with E-state index in [4.69, 9.17) is 9.47 Å². The number of hydrogen-bond acceptors (Lipinski definition) is 6. The molecule has 8 heteroatoms. The van der Waals surface area contributed by atoms with Crippen LogP contribution in [0.1, 0.15) is 41.8 Å². The van der Waals surface area contributed by atoms with Gasteiger partial charge in [-0.1, -0.05) is 26.0 Å². The topological polar surface area (TPSA) is 106 Å². The Morgan fingerprint density at radius 1 is 0.829 bits per heavy atom. The molecule has 0 heterocycles. The molecule has 0 bridgehead atoms. The van der Waals surface area contributed by atoms with Crippen molar-refractivity contribution in [2.45, 2.75) is 26.7 Å². The molecule has 180 valence electrons. The van der Waals surface area contributed by atoms with E-state index >= 15 is 0 Å². The van der Waals surface area contributed by atoms with Gasteiger partial charge in [0.05, 0.1) is 18.4 Å². The second-order valence-corrected chi connectivity index (χ2v) is 7.54. The predicted octanol–water partition coefficient (Wildman–Crippen LogP) is 4.35. The highest BCUT2D eigenvalue weighted by molar-refractivity contribution is 6.39. The zero-order valence-corrected chi connectivity index (χ0v) is 19.6. The van der Waals surface area contributed by atoms with Gasteiger partial charge in [0.2, 0.25) is 0 Å². The minimum absolute atomic E-state index is 0.357. The number of esters is 1. The predicted molar refractivity (Wildman–Crippen MR) is 134 cm³/mol. The summed E-state index contributed by atoms with van der Waals surface area (Å²) < 4.78 is 10.9. The fourth-order valence-electron chi connectivity index (χ4n) is 2.92. The number of carbonyl (C=O) groups is 3. The van der Waals surface area contributed by atoms with Gasteiger partial charge in [-0.25, -0.2) is 10.2 Å². The summed E-state index contributed by atoms with van der Waals surface area (Å²) in [6.45, 7) is 4.67. The van der Waals surface area contributed by atoms with E-state index in [-0.39, 0.29) is 0 Å². The lowest BCUT2D eigenvalue weighted by molar-refractivity contribution is -0.136. The number of hydrogen-bond donors (Lipinski definition) is 2. The molecule has 0 fully saturated rings. The van der Waals surface area contributed by atoms with Crippen LogP contribution in [0.3, 0.4) is 0 Å². The van der Waals surface area contributed by atoms with Crippen molar-refractivity contribution >= 4 is 29.7 Å². The van der Waals surface area contributed by atoms with Gasteiger partial charge in [0, 0.05) is 5.69 Å². The highest BCUT2D eigenvalue weighted by Crippen LogP contribution is 2.16. The second-order valence-electron chi connectivity index (χ2n) is 7.54. The number of aryl methyl sites for hydroxylation is 1. The molecule has 0 aliphatic rings. The van der Waals surface area contributed by atoms with Crippen LogP contribution in [0.25, 0.3) is 0 Å². The summed E-state index contributed by atoms with van der Waals surface area (Å²) >= 11 is 0. The molecule has 2 amide bonds. The Morgan fingerprint density at radius 3 is 2.11 bits per heavy atom. The van der Waals surface area contributed by atoms with Gasteiger partial charge in [-0.15, -0.1) is 0 Å². The first-order valence-corrected chi connectivity index (χ1v) is 11.3. The van der Waals surface area contributed by atoms with Gasteiger partial charge in [0.15, 0.2) is 0 Å². The summed E-state index contributed by atoms with van der Waals surface area (Å²) in [7, 11) is 0. The Morgan fingerprint density at radius 2 is 1.49 bits per heavy atom. The van der Waals surface area contributed by atoms with E-state index in [1.807, 2.05) is 26.0 Å². The van der Waals surface area contributed by atoms with Crippen molar-refractivity contribution < 1.29 is 23.9 Å². The van der Waals surface area contributed by atoms with Crippen LogP contribution in [-0.4, -0.2) is 30.6 Å². The Hall–Kier alpha value is -4.46. The Balaban J connectivity index is 1.47. The molecule has 0 radical (unpaired) electrons. The van der Waals surface area contributed by atoms with Crippen molar-refractivity contribution in [3.63, 3.8) is 0 Å². The number of nitrogens with one attached hydrogen (secondary N) is 2. The molecule has 0 aliphatic heterocycles. The molecule has 0 saturated carbocycles. The first-order chi connectivity index (χ1) is 17.0. The van der Waals surface area contributed by atoms with Crippen LogP contribution in [0.5, 0.6) is 11.5 Å². The first-order valence-electron chi connectivity index (χ1n) is 11.3. The average molecular weight is 474 g/mol. The summed E-state index contributed by atoms with van der Waals surface area (Å²) in [6, 6.07) is 20.5. The molecule has 3 rings (SSSR count). The molecule has 8 nitrogen and oxygen atoms in total. The van der Waals surface area contributed by atoms with Gasteiger partial charge in [-0.2, -0.15) is 5.10 Å². The monoisotopic (exact) mass is 473 g/mol. The van der Waals surface area contributed by atoms with Crippen LogP contribution in [0, 0.1) is 0 Å². The summed E-state index contributed by atoms with van der Waals surface area (Å²) in [6.07, 6.45) is 3.16. The number of carbonyl (C=O) groups excluding carboxylic acids is 3. The van der Waals surface area contributed by atoms with Gasteiger partial charge < -0.3 is 14.8 Å². The molecular weight excluding hydrogens is 446 g/mol. The molecule has 35 heavy (non-hydrogen) atoms. The van der Waals surface area contributed by atoms with Gasteiger partial charge in [-0.05, 0) is 84.6 Å². The van der Waals surface area contributed by atoms with Gasteiger partial charge >= 0.3 is 17.8 Å². The Labute approximate surface area is 204 Å². The molecule has 0 atom stereocenters.